The molecule has 0 aliphatic carbocycles. The van der Waals surface area contributed by atoms with Gasteiger partial charge in [-0.2, -0.15) is 13.2 Å². The van der Waals surface area contributed by atoms with Crippen LogP contribution in [0.5, 0.6) is 5.75 Å². The van der Waals surface area contributed by atoms with Crippen molar-refractivity contribution in [3.8, 4) is 17.1 Å². The number of ether oxygens (including phenoxy) is 3. The third kappa shape index (κ3) is 3.65. The van der Waals surface area contributed by atoms with Crippen LogP contribution in [0.25, 0.3) is 22.3 Å². The predicted octanol–water partition coefficient (Wildman–Crippen LogP) is 2.76. The van der Waals surface area contributed by atoms with Gasteiger partial charge in [0.2, 0.25) is 0 Å². The Morgan fingerprint density at radius 3 is 2.94 bits per heavy atom. The number of morpholine rings is 1. The van der Waals surface area contributed by atoms with Crippen molar-refractivity contribution in [1.82, 2.24) is 15.0 Å². The van der Waals surface area contributed by atoms with Gasteiger partial charge in [-0.3, -0.25) is 0 Å². The van der Waals surface area contributed by atoms with Crippen LogP contribution in [-0.2, 0) is 26.7 Å². The SMILES string of the molecule is O=S(C1OC1Cc1nc(-c2cccc3[nH]ccc23)nc2c1OCC1COCCN21)C(F)(F)F. The van der Waals surface area contributed by atoms with E-state index in [1.165, 1.54) is 0 Å². The Hall–Kier alpha value is -2.70. The number of aromatic nitrogens is 3. The highest BCUT2D eigenvalue weighted by atomic mass is 32.2. The largest absolute Gasteiger partial charge is 0.486 e. The van der Waals surface area contributed by atoms with E-state index in [9.17, 15) is 17.4 Å². The number of H-pyrrole nitrogens is 1. The Morgan fingerprint density at radius 2 is 2.09 bits per heavy atom. The van der Waals surface area contributed by atoms with Crippen molar-refractivity contribution in [2.45, 2.75) is 29.5 Å². The molecule has 0 radical (unpaired) electrons. The maximum atomic E-state index is 12.9. The topological polar surface area (TPSA) is 92.9 Å². The number of nitrogens with one attached hydrogen (secondary N) is 1. The molecule has 2 saturated heterocycles. The van der Waals surface area contributed by atoms with E-state index in [2.05, 4.69) is 9.88 Å². The molecule has 4 unspecified atom stereocenters. The number of fused-ring (bicyclic) bond motifs is 4. The van der Waals surface area contributed by atoms with E-state index in [0.29, 0.717) is 49.5 Å². The molecule has 174 valence electrons. The summed E-state index contributed by atoms with van der Waals surface area (Å²) >= 11 is 0. The Balaban J connectivity index is 1.42. The number of alkyl halides is 3. The van der Waals surface area contributed by atoms with E-state index in [0.717, 1.165) is 16.5 Å². The quantitative estimate of drug-likeness (QED) is 0.574. The second-order valence-corrected chi connectivity index (χ2v) is 9.64. The molecule has 5 heterocycles. The molecular weight excluding hydrogens is 461 g/mol. The van der Waals surface area contributed by atoms with Gasteiger partial charge >= 0.3 is 5.51 Å². The Labute approximate surface area is 188 Å². The lowest BCUT2D eigenvalue weighted by Crippen LogP contribution is -2.51. The molecule has 3 aliphatic heterocycles. The highest BCUT2D eigenvalue weighted by molar-refractivity contribution is 7.86. The third-order valence-electron chi connectivity index (χ3n) is 6.04. The van der Waals surface area contributed by atoms with Crippen LogP contribution in [0.2, 0.25) is 0 Å². The molecule has 6 rings (SSSR count). The Kier molecular flexibility index (Phi) is 4.85. The Bertz CT molecular complexity index is 1250. The summed E-state index contributed by atoms with van der Waals surface area (Å²) in [6, 6.07) is 7.64. The summed E-state index contributed by atoms with van der Waals surface area (Å²) in [6.07, 6.45) is 1.01. The fourth-order valence-corrected chi connectivity index (χ4v) is 5.28. The zero-order valence-electron chi connectivity index (χ0n) is 17.2. The van der Waals surface area contributed by atoms with Gasteiger partial charge < -0.3 is 24.1 Å². The number of nitrogens with zero attached hydrogens (tertiary/aromatic N) is 3. The molecule has 4 atom stereocenters. The minimum Gasteiger partial charge on any atom is -0.486 e. The molecule has 8 nitrogen and oxygen atoms in total. The fourth-order valence-electron chi connectivity index (χ4n) is 4.40. The summed E-state index contributed by atoms with van der Waals surface area (Å²) in [5, 5.41) is 0.928. The van der Waals surface area contributed by atoms with Crippen molar-refractivity contribution in [2.75, 3.05) is 31.3 Å². The van der Waals surface area contributed by atoms with Crippen LogP contribution >= 0.6 is 0 Å². The zero-order chi connectivity index (χ0) is 22.7. The molecular formula is C21H19F3N4O4S. The first kappa shape index (κ1) is 20.9. The monoisotopic (exact) mass is 480 g/mol. The van der Waals surface area contributed by atoms with E-state index in [1.807, 2.05) is 30.5 Å². The summed E-state index contributed by atoms with van der Waals surface area (Å²) in [4.78, 5) is 14.8. The first-order valence-corrected chi connectivity index (χ1v) is 11.7. The number of halogens is 3. The number of hydrogen-bond donors (Lipinski definition) is 1. The minimum atomic E-state index is -4.82. The number of benzene rings is 1. The van der Waals surface area contributed by atoms with Crippen molar-refractivity contribution < 1.29 is 31.6 Å². The van der Waals surface area contributed by atoms with Gasteiger partial charge in [-0.1, -0.05) is 12.1 Å². The van der Waals surface area contributed by atoms with Crippen LogP contribution in [0.15, 0.2) is 30.5 Å². The van der Waals surface area contributed by atoms with Crippen molar-refractivity contribution in [1.29, 1.82) is 0 Å². The van der Waals surface area contributed by atoms with E-state index < -0.39 is 27.8 Å². The average molecular weight is 480 g/mol. The Morgan fingerprint density at radius 1 is 1.21 bits per heavy atom. The number of anilines is 1. The van der Waals surface area contributed by atoms with Crippen molar-refractivity contribution in [2.24, 2.45) is 0 Å². The third-order valence-corrected chi connectivity index (χ3v) is 7.34. The zero-order valence-corrected chi connectivity index (χ0v) is 18.0. The normalized spacial score (nSPS) is 25.3. The lowest BCUT2D eigenvalue weighted by atomic mass is 10.1. The molecule has 1 N–H and O–H groups in total. The van der Waals surface area contributed by atoms with Gasteiger partial charge in [-0.25, -0.2) is 14.2 Å². The van der Waals surface area contributed by atoms with Crippen LogP contribution in [0.3, 0.4) is 0 Å². The molecule has 3 aromatic rings. The van der Waals surface area contributed by atoms with Crippen molar-refractivity contribution >= 4 is 27.5 Å². The highest BCUT2D eigenvalue weighted by Crippen LogP contribution is 2.42. The van der Waals surface area contributed by atoms with Gasteiger partial charge in [-0.05, 0) is 12.1 Å². The summed E-state index contributed by atoms with van der Waals surface area (Å²) in [5.41, 5.74) is -4.06. The second kappa shape index (κ2) is 7.67. The number of epoxide rings is 1. The first-order chi connectivity index (χ1) is 15.9. The van der Waals surface area contributed by atoms with E-state index in [4.69, 9.17) is 24.2 Å². The van der Waals surface area contributed by atoms with Crippen LogP contribution in [0.1, 0.15) is 5.69 Å². The summed E-state index contributed by atoms with van der Waals surface area (Å²) in [6.45, 7) is 2.02. The fraction of sp³-hybridized carbons (Fsp3) is 0.429. The number of aromatic amines is 1. The van der Waals surface area contributed by atoms with E-state index in [1.54, 1.807) is 0 Å². The van der Waals surface area contributed by atoms with Crippen LogP contribution < -0.4 is 9.64 Å². The predicted molar refractivity (Wildman–Crippen MR) is 113 cm³/mol. The van der Waals surface area contributed by atoms with Gasteiger partial charge in [0.15, 0.2) is 33.6 Å². The highest BCUT2D eigenvalue weighted by Gasteiger charge is 2.55. The van der Waals surface area contributed by atoms with Gasteiger partial charge in [0.05, 0.1) is 24.9 Å². The second-order valence-electron chi connectivity index (χ2n) is 8.11. The summed E-state index contributed by atoms with van der Waals surface area (Å²) in [5.74, 6) is 1.47. The summed E-state index contributed by atoms with van der Waals surface area (Å²) < 4.78 is 66.9. The van der Waals surface area contributed by atoms with Gasteiger partial charge in [0.1, 0.15) is 12.7 Å². The number of hydrogen-bond acceptors (Lipinski definition) is 7. The molecule has 0 spiro atoms. The minimum absolute atomic E-state index is 0.00689. The van der Waals surface area contributed by atoms with Crippen LogP contribution in [0, 0.1) is 0 Å². The number of rotatable bonds is 4. The van der Waals surface area contributed by atoms with Gasteiger partial charge in [0, 0.05) is 35.6 Å². The molecule has 33 heavy (non-hydrogen) atoms. The maximum Gasteiger partial charge on any atom is 0.473 e. The van der Waals surface area contributed by atoms with Crippen LogP contribution in [-0.4, -0.2) is 68.6 Å². The lowest BCUT2D eigenvalue weighted by molar-refractivity contribution is -0.0391. The van der Waals surface area contributed by atoms with E-state index >= 15 is 0 Å². The lowest BCUT2D eigenvalue weighted by Gasteiger charge is -2.40. The van der Waals surface area contributed by atoms with Crippen molar-refractivity contribution in [3.63, 3.8) is 0 Å². The molecule has 2 aromatic heterocycles. The molecule has 0 saturated carbocycles. The first-order valence-electron chi connectivity index (χ1n) is 10.5. The molecule has 2 fully saturated rings. The average Bonchev–Trinajstić information content (AvgIpc) is 3.39. The molecule has 1 aromatic carbocycles. The van der Waals surface area contributed by atoms with Crippen molar-refractivity contribution in [3.05, 3.63) is 36.2 Å². The molecule has 12 heteroatoms. The van der Waals surface area contributed by atoms with Gasteiger partial charge in [-0.15, -0.1) is 0 Å². The maximum absolute atomic E-state index is 12.9. The standard InChI is InChI=1S/C21H19F3N4O4S/c22-21(23,24)33(29)20-16(32-20)8-15-17-19(28-6-7-30-9-11(28)10-31-17)27-18(26-15)13-2-1-3-14-12(13)4-5-25-14/h1-5,11,16,20,25H,6-10H2. The smallest absolute Gasteiger partial charge is 0.473 e. The van der Waals surface area contributed by atoms with E-state index in [-0.39, 0.29) is 12.5 Å². The molecule has 0 bridgehead atoms. The molecule has 0 amide bonds. The molecule has 3 aliphatic rings. The van der Waals surface area contributed by atoms with Crippen LogP contribution in [0.4, 0.5) is 19.0 Å². The van der Waals surface area contributed by atoms with Gasteiger partial charge in [0.25, 0.3) is 0 Å². The summed E-state index contributed by atoms with van der Waals surface area (Å²) in [7, 11) is -3.08.